The van der Waals surface area contributed by atoms with Crippen LogP contribution in [0.5, 0.6) is 5.75 Å². The summed E-state index contributed by atoms with van der Waals surface area (Å²) in [5.74, 6) is 9.05. The second-order valence-electron chi connectivity index (χ2n) is 13.6. The van der Waals surface area contributed by atoms with Gasteiger partial charge >= 0.3 is 0 Å². The van der Waals surface area contributed by atoms with Gasteiger partial charge < -0.3 is 14.2 Å². The third kappa shape index (κ3) is 11.2. The molecule has 0 aliphatic heterocycles. The molecule has 0 bridgehead atoms. The second kappa shape index (κ2) is 19.9. The normalized spacial score (nSPS) is 18.2. The molecule has 0 amide bonds. The van der Waals surface area contributed by atoms with Crippen LogP contribution in [0, 0.1) is 24.7 Å². The molecule has 0 saturated heterocycles. The summed E-state index contributed by atoms with van der Waals surface area (Å²) in [6.45, 7) is 18.0. The Morgan fingerprint density at radius 1 is 0.940 bits per heavy atom. The number of hydrogen-bond acceptors (Lipinski definition) is 5. The summed E-state index contributed by atoms with van der Waals surface area (Å²) in [5.41, 5.74) is 8.14. The van der Waals surface area contributed by atoms with Gasteiger partial charge in [0.1, 0.15) is 36.0 Å². The Morgan fingerprint density at radius 3 is 2.42 bits per heavy atom. The zero-order valence-electron chi connectivity index (χ0n) is 31.7. The van der Waals surface area contributed by atoms with E-state index in [0.29, 0.717) is 18.4 Å². The predicted molar refractivity (Wildman–Crippen MR) is 208 cm³/mol. The molecule has 1 unspecified atom stereocenters. The maximum Gasteiger partial charge on any atom is 0.138 e. The van der Waals surface area contributed by atoms with Crippen LogP contribution < -0.4 is 4.74 Å². The Hall–Kier alpha value is -4.14. The Kier molecular flexibility index (Phi) is 15.4. The van der Waals surface area contributed by atoms with Crippen molar-refractivity contribution in [3.05, 3.63) is 107 Å². The first-order chi connectivity index (χ1) is 24.3. The van der Waals surface area contributed by atoms with Crippen molar-refractivity contribution in [2.45, 2.75) is 125 Å². The van der Waals surface area contributed by atoms with E-state index in [0.717, 1.165) is 61.3 Å². The number of aryl methyl sites for hydroxylation is 1. The minimum atomic E-state index is 0.115. The minimum Gasteiger partial charge on any atom is -0.490 e. The third-order valence-electron chi connectivity index (χ3n) is 9.81. The van der Waals surface area contributed by atoms with E-state index in [1.807, 2.05) is 24.5 Å². The van der Waals surface area contributed by atoms with E-state index in [4.69, 9.17) is 14.2 Å². The topological polar surface area (TPSA) is 53.5 Å². The zero-order valence-corrected chi connectivity index (χ0v) is 31.7. The molecule has 2 heterocycles. The molecule has 50 heavy (non-hydrogen) atoms. The number of benzene rings is 1. The highest BCUT2D eigenvalue weighted by Crippen LogP contribution is 2.34. The van der Waals surface area contributed by atoms with Crippen LogP contribution in [-0.4, -0.2) is 34.9 Å². The Labute approximate surface area is 302 Å². The van der Waals surface area contributed by atoms with Gasteiger partial charge in [-0.1, -0.05) is 84.2 Å². The standard InChI is InChI=1S/C45H58N2O3/c1-9-15-39(20-17-35(12-4)36-18-22-43(34(8)27-36)45-31-46-24-23-44(45)33(7)11-3)49-41-28-42(29-41)50-40-21-19-37(47-30-40)16-14-25-48-38(13-5)26-32(6)10-2/h12,15,17-24,27,30-33,38,41-42H,9-11,13,25-26,28-29H2,1-8H3/b20-17-,35-12+,39-15-/t32-,33+,38?,41?,42?/m1/s1. The van der Waals surface area contributed by atoms with Crippen LogP contribution in [0.3, 0.4) is 0 Å². The lowest BCUT2D eigenvalue weighted by molar-refractivity contribution is -0.0279. The molecule has 3 aromatic rings. The summed E-state index contributed by atoms with van der Waals surface area (Å²) in [7, 11) is 0. The lowest BCUT2D eigenvalue weighted by atomic mass is 9.89. The Bertz CT molecular complexity index is 1650. The average molecular weight is 675 g/mol. The summed E-state index contributed by atoms with van der Waals surface area (Å²) in [4.78, 5) is 8.93. The average Bonchev–Trinajstić information content (AvgIpc) is 3.12. The van der Waals surface area contributed by atoms with Gasteiger partial charge in [-0.2, -0.15) is 0 Å². The highest BCUT2D eigenvalue weighted by atomic mass is 16.5. The van der Waals surface area contributed by atoms with Crippen LogP contribution in [0.4, 0.5) is 0 Å². The summed E-state index contributed by atoms with van der Waals surface area (Å²) >= 11 is 0. The van der Waals surface area contributed by atoms with E-state index < -0.39 is 0 Å². The van der Waals surface area contributed by atoms with Crippen molar-refractivity contribution in [3.63, 3.8) is 0 Å². The van der Waals surface area contributed by atoms with Gasteiger partial charge in [0.25, 0.3) is 0 Å². The highest BCUT2D eigenvalue weighted by molar-refractivity contribution is 5.78. The molecular formula is C45H58N2O3. The van der Waals surface area contributed by atoms with E-state index in [-0.39, 0.29) is 18.3 Å². The molecular weight excluding hydrogens is 617 g/mol. The van der Waals surface area contributed by atoms with Crippen molar-refractivity contribution < 1.29 is 14.2 Å². The van der Waals surface area contributed by atoms with Gasteiger partial charge in [0.2, 0.25) is 0 Å². The second-order valence-corrected chi connectivity index (χ2v) is 13.6. The van der Waals surface area contributed by atoms with Crippen LogP contribution in [0.1, 0.15) is 122 Å². The van der Waals surface area contributed by atoms with Gasteiger partial charge in [0, 0.05) is 30.8 Å². The quantitative estimate of drug-likeness (QED) is 0.0810. The van der Waals surface area contributed by atoms with E-state index >= 15 is 0 Å². The lowest BCUT2D eigenvalue weighted by Gasteiger charge is -2.35. The number of nitrogens with zero attached hydrogens (tertiary/aromatic N) is 2. The molecule has 4 rings (SSSR count). The van der Waals surface area contributed by atoms with Crippen molar-refractivity contribution >= 4 is 5.57 Å². The summed E-state index contributed by atoms with van der Waals surface area (Å²) in [6, 6.07) is 12.8. The van der Waals surface area contributed by atoms with Crippen LogP contribution >= 0.6 is 0 Å². The van der Waals surface area contributed by atoms with E-state index in [2.05, 4.69) is 126 Å². The molecule has 1 saturated carbocycles. The fourth-order valence-electron chi connectivity index (χ4n) is 6.19. The van der Waals surface area contributed by atoms with Crippen molar-refractivity contribution in [1.82, 2.24) is 9.97 Å². The van der Waals surface area contributed by atoms with Crippen LogP contribution in [0.2, 0.25) is 0 Å². The van der Waals surface area contributed by atoms with Gasteiger partial charge in [0.05, 0.1) is 12.3 Å². The highest BCUT2D eigenvalue weighted by Gasteiger charge is 2.33. The first-order valence-electron chi connectivity index (χ1n) is 18.8. The van der Waals surface area contributed by atoms with Crippen LogP contribution in [0.25, 0.3) is 16.7 Å². The lowest BCUT2D eigenvalue weighted by Crippen LogP contribution is -2.39. The molecule has 2 aromatic heterocycles. The number of aromatic nitrogens is 2. The van der Waals surface area contributed by atoms with E-state index in [1.54, 1.807) is 6.20 Å². The van der Waals surface area contributed by atoms with Crippen LogP contribution in [-0.2, 0) is 9.47 Å². The van der Waals surface area contributed by atoms with Gasteiger partial charge in [-0.3, -0.25) is 4.98 Å². The van der Waals surface area contributed by atoms with Gasteiger partial charge in [-0.15, -0.1) is 0 Å². The molecule has 1 aliphatic carbocycles. The van der Waals surface area contributed by atoms with Crippen molar-refractivity contribution in [3.8, 4) is 28.7 Å². The molecule has 5 heteroatoms. The van der Waals surface area contributed by atoms with Gasteiger partial charge in [-0.05, 0) is 115 Å². The fourth-order valence-corrected chi connectivity index (χ4v) is 6.19. The first kappa shape index (κ1) is 38.7. The van der Waals surface area contributed by atoms with Crippen LogP contribution in [0.15, 0.2) is 85.1 Å². The molecule has 5 nitrogen and oxygen atoms in total. The number of rotatable bonds is 17. The third-order valence-corrected chi connectivity index (χ3v) is 9.81. The maximum absolute atomic E-state index is 6.41. The monoisotopic (exact) mass is 674 g/mol. The van der Waals surface area contributed by atoms with Gasteiger partial charge in [0.15, 0.2) is 0 Å². The maximum atomic E-state index is 6.41. The molecule has 266 valence electrons. The smallest absolute Gasteiger partial charge is 0.138 e. The first-order valence-corrected chi connectivity index (χ1v) is 18.8. The molecule has 3 atom stereocenters. The van der Waals surface area contributed by atoms with Crippen molar-refractivity contribution in [2.75, 3.05) is 6.61 Å². The summed E-state index contributed by atoms with van der Waals surface area (Å²) in [5, 5.41) is 0. The summed E-state index contributed by atoms with van der Waals surface area (Å²) < 4.78 is 18.6. The molecule has 1 aliphatic rings. The predicted octanol–water partition coefficient (Wildman–Crippen LogP) is 11.4. The van der Waals surface area contributed by atoms with E-state index in [9.17, 15) is 0 Å². The number of ether oxygens (including phenoxy) is 3. The van der Waals surface area contributed by atoms with Gasteiger partial charge in [-0.25, -0.2) is 4.98 Å². The SMILES string of the molecule is C\C=C(/C=C\C(=C\CC)OC1CC(Oc2ccc(C#CCOC(CC)C[C@H](C)CC)nc2)C1)c1ccc(-c2cnccc2[C@@H](C)CC)c(C)c1. The summed E-state index contributed by atoms with van der Waals surface area (Å²) in [6.07, 6.45) is 21.7. The minimum absolute atomic E-state index is 0.115. The fraction of sp³-hybridized carbons (Fsp3) is 0.467. The molecule has 0 spiro atoms. The molecule has 1 fully saturated rings. The largest absolute Gasteiger partial charge is 0.490 e. The Morgan fingerprint density at radius 2 is 1.76 bits per heavy atom. The molecule has 0 radical (unpaired) electrons. The number of pyridine rings is 2. The van der Waals surface area contributed by atoms with Crippen molar-refractivity contribution in [2.24, 2.45) is 5.92 Å². The van der Waals surface area contributed by atoms with E-state index in [1.165, 1.54) is 34.2 Å². The molecule has 1 aromatic carbocycles. The Balaban J connectivity index is 1.28. The molecule has 0 N–H and O–H groups in total. The number of allylic oxidation sites excluding steroid dienone is 5. The zero-order chi connectivity index (χ0) is 35.9. The van der Waals surface area contributed by atoms with Crippen molar-refractivity contribution in [1.29, 1.82) is 0 Å². The number of hydrogen-bond donors (Lipinski definition) is 0.